The zero-order chi connectivity index (χ0) is 18.4. The molecule has 0 amide bonds. The van der Waals surface area contributed by atoms with Crippen molar-refractivity contribution in [2.24, 2.45) is 4.99 Å². The number of nitrogens with one attached hydrogen (secondary N) is 1. The Balaban J connectivity index is 1.97. The van der Waals surface area contributed by atoms with Crippen molar-refractivity contribution in [3.05, 3.63) is 47.9 Å². The maximum Gasteiger partial charge on any atom is 0.242 e. The molecule has 9 heteroatoms. The summed E-state index contributed by atoms with van der Waals surface area (Å²) < 4.78 is 30.2. The van der Waals surface area contributed by atoms with E-state index in [0.29, 0.717) is 19.0 Å². The Morgan fingerprint density at radius 1 is 1.20 bits per heavy atom. The van der Waals surface area contributed by atoms with E-state index < -0.39 is 10.0 Å². The standard InChI is InChI=1S/C16H23N5O3S/c1-17-16(21(4)12-14-9-10-24-19-14)18-11-13-5-7-15(8-6-13)25(22,23)20(2)3/h5-10H,11-12H2,1-4H3,(H,17,18). The van der Waals surface area contributed by atoms with Crippen molar-refractivity contribution in [1.29, 1.82) is 0 Å². The fourth-order valence-corrected chi connectivity index (χ4v) is 3.09. The maximum atomic E-state index is 12.1. The van der Waals surface area contributed by atoms with Gasteiger partial charge in [-0.15, -0.1) is 0 Å². The van der Waals surface area contributed by atoms with Gasteiger partial charge < -0.3 is 14.7 Å². The lowest BCUT2D eigenvalue weighted by Gasteiger charge is -2.21. The van der Waals surface area contributed by atoms with Crippen LogP contribution in [-0.2, 0) is 23.1 Å². The van der Waals surface area contributed by atoms with Gasteiger partial charge in [0.15, 0.2) is 5.96 Å². The fraction of sp³-hybridized carbons (Fsp3) is 0.375. The van der Waals surface area contributed by atoms with Crippen molar-refractivity contribution >= 4 is 16.0 Å². The number of aromatic nitrogens is 1. The predicted octanol–water partition coefficient (Wildman–Crippen LogP) is 1.13. The molecule has 136 valence electrons. The second-order valence-electron chi connectivity index (χ2n) is 5.68. The molecule has 8 nitrogen and oxygen atoms in total. The summed E-state index contributed by atoms with van der Waals surface area (Å²) in [6.07, 6.45) is 1.53. The second kappa shape index (κ2) is 8.13. The van der Waals surface area contributed by atoms with Crippen LogP contribution < -0.4 is 5.32 Å². The summed E-state index contributed by atoms with van der Waals surface area (Å²) in [5.41, 5.74) is 1.76. The van der Waals surface area contributed by atoms with E-state index >= 15 is 0 Å². The molecule has 1 aromatic carbocycles. The number of benzene rings is 1. The molecule has 25 heavy (non-hydrogen) atoms. The summed E-state index contributed by atoms with van der Waals surface area (Å²) in [7, 11) is 3.22. The van der Waals surface area contributed by atoms with Crippen molar-refractivity contribution in [3.8, 4) is 0 Å². The molecule has 0 bridgehead atoms. The van der Waals surface area contributed by atoms with Crippen LogP contribution in [0.15, 0.2) is 51.0 Å². The van der Waals surface area contributed by atoms with Gasteiger partial charge >= 0.3 is 0 Å². The Labute approximate surface area is 148 Å². The molecular formula is C16H23N5O3S. The molecule has 2 aromatic rings. The van der Waals surface area contributed by atoms with Crippen molar-refractivity contribution in [1.82, 2.24) is 19.7 Å². The number of hydrogen-bond acceptors (Lipinski definition) is 5. The highest BCUT2D eigenvalue weighted by Crippen LogP contribution is 2.14. The average molecular weight is 365 g/mol. The lowest BCUT2D eigenvalue weighted by atomic mass is 10.2. The normalized spacial score (nSPS) is 12.4. The van der Waals surface area contributed by atoms with Crippen LogP contribution >= 0.6 is 0 Å². The van der Waals surface area contributed by atoms with Gasteiger partial charge in [0.2, 0.25) is 10.0 Å². The fourth-order valence-electron chi connectivity index (χ4n) is 2.19. The van der Waals surface area contributed by atoms with Crippen LogP contribution in [0.5, 0.6) is 0 Å². The molecule has 1 N–H and O–H groups in total. The Morgan fingerprint density at radius 3 is 2.40 bits per heavy atom. The van der Waals surface area contributed by atoms with E-state index in [1.807, 2.05) is 11.9 Å². The topological polar surface area (TPSA) is 91.0 Å². The molecule has 0 saturated heterocycles. The molecule has 0 fully saturated rings. The van der Waals surface area contributed by atoms with Crippen molar-refractivity contribution < 1.29 is 12.9 Å². The third-order valence-electron chi connectivity index (χ3n) is 3.62. The molecule has 0 spiro atoms. The minimum atomic E-state index is -3.41. The van der Waals surface area contributed by atoms with Gasteiger partial charge in [0.1, 0.15) is 12.0 Å². The van der Waals surface area contributed by atoms with Crippen LogP contribution in [0.3, 0.4) is 0 Å². The van der Waals surface area contributed by atoms with Crippen LogP contribution in [0.4, 0.5) is 0 Å². The summed E-state index contributed by atoms with van der Waals surface area (Å²) in [5.74, 6) is 0.702. The van der Waals surface area contributed by atoms with Gasteiger partial charge in [0.25, 0.3) is 0 Å². The molecule has 0 aliphatic heterocycles. The Kier molecular flexibility index (Phi) is 6.16. The maximum absolute atomic E-state index is 12.1. The Hall–Kier alpha value is -2.39. The summed E-state index contributed by atoms with van der Waals surface area (Å²) in [5, 5.41) is 7.11. The zero-order valence-corrected chi connectivity index (χ0v) is 15.6. The quantitative estimate of drug-likeness (QED) is 0.610. The van der Waals surface area contributed by atoms with E-state index in [4.69, 9.17) is 4.52 Å². The van der Waals surface area contributed by atoms with E-state index in [9.17, 15) is 8.42 Å². The Morgan fingerprint density at radius 2 is 1.88 bits per heavy atom. The molecule has 1 heterocycles. The molecule has 0 aliphatic carbocycles. The summed E-state index contributed by atoms with van der Waals surface area (Å²) in [4.78, 5) is 6.43. The van der Waals surface area contributed by atoms with E-state index in [1.165, 1.54) is 24.7 Å². The second-order valence-corrected chi connectivity index (χ2v) is 7.83. The molecule has 0 unspecified atom stereocenters. The number of sulfonamides is 1. The largest absolute Gasteiger partial charge is 0.364 e. The summed E-state index contributed by atoms with van der Waals surface area (Å²) in [6, 6.07) is 8.58. The first-order chi connectivity index (χ1) is 11.8. The molecule has 0 radical (unpaired) electrons. The van der Waals surface area contributed by atoms with Crippen molar-refractivity contribution in [2.45, 2.75) is 18.0 Å². The van der Waals surface area contributed by atoms with Crippen LogP contribution in [0.25, 0.3) is 0 Å². The average Bonchev–Trinajstić information content (AvgIpc) is 3.08. The van der Waals surface area contributed by atoms with Gasteiger partial charge in [0.05, 0.1) is 11.4 Å². The van der Waals surface area contributed by atoms with Crippen LogP contribution in [0, 0.1) is 0 Å². The number of hydrogen-bond donors (Lipinski definition) is 1. The SMILES string of the molecule is CN=C(NCc1ccc(S(=O)(=O)N(C)C)cc1)N(C)Cc1ccon1. The zero-order valence-electron chi connectivity index (χ0n) is 14.8. The van der Waals surface area contributed by atoms with E-state index in [2.05, 4.69) is 15.5 Å². The lowest BCUT2D eigenvalue weighted by molar-refractivity contribution is 0.391. The molecular weight excluding hydrogens is 342 g/mol. The summed E-state index contributed by atoms with van der Waals surface area (Å²) >= 11 is 0. The van der Waals surface area contributed by atoms with Crippen LogP contribution in [-0.4, -0.2) is 56.9 Å². The van der Waals surface area contributed by atoms with Gasteiger partial charge in [0, 0.05) is 40.8 Å². The van der Waals surface area contributed by atoms with E-state index in [1.54, 1.807) is 37.4 Å². The third-order valence-corrected chi connectivity index (χ3v) is 5.45. The van der Waals surface area contributed by atoms with Gasteiger partial charge in [-0.05, 0) is 17.7 Å². The van der Waals surface area contributed by atoms with Gasteiger partial charge in [-0.2, -0.15) is 0 Å². The van der Waals surface area contributed by atoms with Gasteiger partial charge in [-0.3, -0.25) is 4.99 Å². The van der Waals surface area contributed by atoms with E-state index in [0.717, 1.165) is 11.3 Å². The summed E-state index contributed by atoms with van der Waals surface area (Å²) in [6.45, 7) is 1.09. The first-order valence-corrected chi connectivity index (χ1v) is 9.11. The molecule has 1 aromatic heterocycles. The number of rotatable bonds is 6. The highest BCUT2D eigenvalue weighted by molar-refractivity contribution is 7.89. The lowest BCUT2D eigenvalue weighted by Crippen LogP contribution is -2.38. The van der Waals surface area contributed by atoms with E-state index in [-0.39, 0.29) is 4.90 Å². The highest BCUT2D eigenvalue weighted by atomic mass is 32.2. The van der Waals surface area contributed by atoms with Crippen molar-refractivity contribution in [3.63, 3.8) is 0 Å². The minimum absolute atomic E-state index is 0.272. The number of nitrogens with zero attached hydrogens (tertiary/aromatic N) is 4. The van der Waals surface area contributed by atoms with Crippen LogP contribution in [0.2, 0.25) is 0 Å². The molecule has 2 rings (SSSR count). The third kappa shape index (κ3) is 4.80. The van der Waals surface area contributed by atoms with Crippen molar-refractivity contribution in [2.75, 3.05) is 28.2 Å². The predicted molar refractivity (Wildman–Crippen MR) is 95.5 cm³/mol. The first-order valence-electron chi connectivity index (χ1n) is 7.67. The smallest absolute Gasteiger partial charge is 0.242 e. The molecule has 0 saturated carbocycles. The minimum Gasteiger partial charge on any atom is -0.364 e. The monoisotopic (exact) mass is 365 g/mol. The molecule has 0 atom stereocenters. The van der Waals surface area contributed by atoms with Crippen LogP contribution in [0.1, 0.15) is 11.3 Å². The number of guanidine groups is 1. The number of aliphatic imine (C=N–C) groups is 1. The van der Waals surface area contributed by atoms with Gasteiger partial charge in [-0.25, -0.2) is 12.7 Å². The Bertz CT molecular complexity index is 799. The highest BCUT2D eigenvalue weighted by Gasteiger charge is 2.16. The first kappa shape index (κ1) is 18.9. The molecule has 0 aliphatic rings. The van der Waals surface area contributed by atoms with Gasteiger partial charge in [-0.1, -0.05) is 17.3 Å².